The minimum absolute atomic E-state index is 0.0896. The molecule has 2 aromatic heterocycles. The van der Waals surface area contributed by atoms with E-state index in [-0.39, 0.29) is 17.7 Å². The zero-order chi connectivity index (χ0) is 26.6. The van der Waals surface area contributed by atoms with Gasteiger partial charge in [-0.1, -0.05) is 85.8 Å². The number of anilines is 1. The second kappa shape index (κ2) is 10.8. The van der Waals surface area contributed by atoms with Gasteiger partial charge in [-0.2, -0.15) is 0 Å². The summed E-state index contributed by atoms with van der Waals surface area (Å²) in [6.45, 7) is 1.76. The lowest BCUT2D eigenvalue weighted by molar-refractivity contribution is -0.124. The molecule has 190 valence electrons. The summed E-state index contributed by atoms with van der Waals surface area (Å²) in [6, 6.07) is 26.2. The van der Waals surface area contributed by atoms with Crippen LogP contribution in [0.25, 0.3) is 33.2 Å². The van der Waals surface area contributed by atoms with Crippen molar-refractivity contribution in [3.63, 3.8) is 0 Å². The molecule has 0 aliphatic heterocycles. The Bertz CT molecular complexity index is 1680. The Morgan fingerprint density at radius 2 is 1.53 bits per heavy atom. The Balaban J connectivity index is 1.45. The maximum Gasteiger partial charge on any atom is 0.356 e. The van der Waals surface area contributed by atoms with E-state index in [1.807, 2.05) is 78.2 Å². The van der Waals surface area contributed by atoms with E-state index in [0.29, 0.717) is 21.5 Å². The van der Waals surface area contributed by atoms with E-state index in [2.05, 4.69) is 10.3 Å². The number of thiazole rings is 1. The lowest BCUT2D eigenvalue weighted by Crippen LogP contribution is -2.34. The van der Waals surface area contributed by atoms with Crippen LogP contribution in [0.3, 0.4) is 0 Å². The minimum Gasteiger partial charge on any atom is -0.448 e. The number of carbonyl (C=O) groups is 2. The highest BCUT2D eigenvalue weighted by Crippen LogP contribution is 2.31. The van der Waals surface area contributed by atoms with Gasteiger partial charge in [0.05, 0.1) is 5.69 Å². The molecule has 0 spiro atoms. The van der Waals surface area contributed by atoms with Gasteiger partial charge in [-0.05, 0) is 23.4 Å². The third kappa shape index (κ3) is 4.86. The van der Waals surface area contributed by atoms with Crippen LogP contribution in [0.5, 0.6) is 0 Å². The van der Waals surface area contributed by atoms with Crippen LogP contribution in [0, 0.1) is 0 Å². The number of carbonyl (C=O) groups excluding carboxylic acids is 2. The van der Waals surface area contributed by atoms with Crippen molar-refractivity contribution < 1.29 is 14.3 Å². The third-order valence-corrected chi connectivity index (χ3v) is 7.03. The SMILES string of the molecule is CCC(OC(=O)c1c(-c2ccccc2)c2ccccc2c(=O)n1C)C(=O)Nc1nc(-c2ccccc2)cs1. The van der Waals surface area contributed by atoms with Crippen molar-refractivity contribution >= 4 is 39.1 Å². The van der Waals surface area contributed by atoms with Gasteiger partial charge in [-0.3, -0.25) is 14.9 Å². The lowest BCUT2D eigenvalue weighted by Gasteiger charge is -2.20. The number of fused-ring (bicyclic) bond motifs is 1. The predicted octanol–water partition coefficient (Wildman–Crippen LogP) is 5.90. The molecule has 0 saturated heterocycles. The van der Waals surface area contributed by atoms with E-state index >= 15 is 0 Å². The predicted molar refractivity (Wildman–Crippen MR) is 150 cm³/mol. The molecule has 0 bridgehead atoms. The van der Waals surface area contributed by atoms with Crippen molar-refractivity contribution in [2.24, 2.45) is 7.05 Å². The average Bonchev–Trinajstić information content (AvgIpc) is 3.42. The molecule has 7 nitrogen and oxygen atoms in total. The molecule has 1 amide bonds. The summed E-state index contributed by atoms with van der Waals surface area (Å²) >= 11 is 1.29. The standard InChI is InChI=1S/C30H25N3O4S/c1-3-24(27(34)32-30-31-23(18-38-30)19-12-6-4-7-13-19)37-29(36)26-25(20-14-8-5-9-15-20)21-16-10-11-17-22(21)28(35)33(26)2/h4-18,24H,3H2,1-2H3,(H,31,32,34). The highest BCUT2D eigenvalue weighted by Gasteiger charge is 2.28. The summed E-state index contributed by atoms with van der Waals surface area (Å²) in [7, 11) is 1.54. The van der Waals surface area contributed by atoms with Crippen LogP contribution >= 0.6 is 11.3 Å². The fourth-order valence-corrected chi connectivity index (χ4v) is 5.09. The summed E-state index contributed by atoms with van der Waals surface area (Å²) in [4.78, 5) is 44.3. The van der Waals surface area contributed by atoms with Crippen molar-refractivity contribution in [1.82, 2.24) is 9.55 Å². The monoisotopic (exact) mass is 523 g/mol. The van der Waals surface area contributed by atoms with E-state index < -0.39 is 18.0 Å². The van der Waals surface area contributed by atoms with E-state index in [9.17, 15) is 14.4 Å². The first-order chi connectivity index (χ1) is 18.5. The van der Waals surface area contributed by atoms with Crippen molar-refractivity contribution in [2.75, 3.05) is 5.32 Å². The van der Waals surface area contributed by atoms with Crippen molar-refractivity contribution in [3.05, 3.63) is 106 Å². The lowest BCUT2D eigenvalue weighted by atomic mass is 9.97. The summed E-state index contributed by atoms with van der Waals surface area (Å²) in [5, 5.41) is 6.16. The molecule has 1 atom stereocenters. The van der Waals surface area contributed by atoms with Crippen LogP contribution < -0.4 is 10.9 Å². The maximum atomic E-state index is 13.6. The zero-order valence-corrected chi connectivity index (χ0v) is 21.7. The Morgan fingerprint density at radius 1 is 0.921 bits per heavy atom. The van der Waals surface area contributed by atoms with Crippen LogP contribution in [-0.2, 0) is 16.6 Å². The molecule has 0 radical (unpaired) electrons. The van der Waals surface area contributed by atoms with Gasteiger partial charge in [-0.25, -0.2) is 9.78 Å². The molecule has 0 saturated carbocycles. The van der Waals surface area contributed by atoms with Gasteiger partial charge in [-0.15, -0.1) is 11.3 Å². The van der Waals surface area contributed by atoms with Crippen LogP contribution in [0.2, 0.25) is 0 Å². The first kappa shape index (κ1) is 25.1. The Morgan fingerprint density at radius 3 is 2.18 bits per heavy atom. The smallest absolute Gasteiger partial charge is 0.356 e. The molecule has 0 fully saturated rings. The third-order valence-electron chi connectivity index (χ3n) is 6.28. The molecule has 2 heterocycles. The van der Waals surface area contributed by atoms with Gasteiger partial charge in [0, 0.05) is 28.9 Å². The molecule has 3 aromatic carbocycles. The Kier molecular flexibility index (Phi) is 7.15. The van der Waals surface area contributed by atoms with Crippen molar-refractivity contribution in [2.45, 2.75) is 19.4 Å². The number of rotatable bonds is 7. The van der Waals surface area contributed by atoms with E-state index in [1.165, 1.54) is 15.9 Å². The second-order valence-electron chi connectivity index (χ2n) is 8.69. The van der Waals surface area contributed by atoms with Crippen LogP contribution in [0.1, 0.15) is 23.8 Å². The molecular weight excluding hydrogens is 498 g/mol. The molecule has 8 heteroatoms. The highest BCUT2D eigenvalue weighted by atomic mass is 32.1. The van der Waals surface area contributed by atoms with Gasteiger partial charge in [0.2, 0.25) is 0 Å². The Hall–Kier alpha value is -4.56. The number of hydrogen-bond donors (Lipinski definition) is 1. The number of nitrogens with one attached hydrogen (secondary N) is 1. The second-order valence-corrected chi connectivity index (χ2v) is 9.55. The molecule has 0 aliphatic rings. The summed E-state index contributed by atoms with van der Waals surface area (Å²) in [6.07, 6.45) is -0.826. The fourth-order valence-electron chi connectivity index (χ4n) is 4.37. The molecule has 5 rings (SSSR count). The summed E-state index contributed by atoms with van der Waals surface area (Å²) in [5.41, 5.74) is 2.80. The normalized spacial score (nSPS) is 11.7. The van der Waals surface area contributed by atoms with E-state index in [0.717, 1.165) is 16.8 Å². The topological polar surface area (TPSA) is 90.3 Å². The molecule has 0 aliphatic carbocycles. The number of pyridine rings is 1. The molecular formula is C30H25N3O4S. The van der Waals surface area contributed by atoms with Gasteiger partial charge in [0.25, 0.3) is 11.5 Å². The largest absolute Gasteiger partial charge is 0.448 e. The fraction of sp³-hybridized carbons (Fsp3) is 0.133. The number of nitrogens with zero attached hydrogens (tertiary/aromatic N) is 2. The van der Waals surface area contributed by atoms with Crippen LogP contribution in [0.4, 0.5) is 5.13 Å². The molecule has 1 N–H and O–H groups in total. The number of ether oxygens (including phenoxy) is 1. The number of hydrogen-bond acceptors (Lipinski definition) is 6. The van der Waals surface area contributed by atoms with E-state index in [4.69, 9.17) is 4.74 Å². The van der Waals surface area contributed by atoms with Gasteiger partial charge >= 0.3 is 5.97 Å². The first-order valence-electron chi connectivity index (χ1n) is 12.2. The Labute approximate surface area is 223 Å². The molecule has 38 heavy (non-hydrogen) atoms. The summed E-state index contributed by atoms with van der Waals surface area (Å²) in [5.74, 6) is -1.23. The van der Waals surface area contributed by atoms with Crippen molar-refractivity contribution in [3.8, 4) is 22.4 Å². The van der Waals surface area contributed by atoms with Gasteiger partial charge in [0.15, 0.2) is 11.2 Å². The van der Waals surface area contributed by atoms with Gasteiger partial charge in [0.1, 0.15) is 5.69 Å². The molecule has 5 aromatic rings. The van der Waals surface area contributed by atoms with Crippen LogP contribution in [-0.4, -0.2) is 27.5 Å². The minimum atomic E-state index is -1.07. The first-order valence-corrected chi connectivity index (χ1v) is 13.1. The highest BCUT2D eigenvalue weighted by molar-refractivity contribution is 7.14. The zero-order valence-electron chi connectivity index (χ0n) is 20.9. The molecule has 1 unspecified atom stereocenters. The van der Waals surface area contributed by atoms with Gasteiger partial charge < -0.3 is 9.30 Å². The maximum absolute atomic E-state index is 13.6. The quantitative estimate of drug-likeness (QED) is 0.268. The number of aromatic nitrogens is 2. The average molecular weight is 524 g/mol. The number of esters is 1. The van der Waals surface area contributed by atoms with E-state index in [1.54, 1.807) is 26.1 Å². The summed E-state index contributed by atoms with van der Waals surface area (Å²) < 4.78 is 7.02. The number of amides is 1. The van der Waals surface area contributed by atoms with Crippen LogP contribution in [0.15, 0.2) is 95.1 Å². The number of benzene rings is 3. The van der Waals surface area contributed by atoms with Crippen molar-refractivity contribution in [1.29, 1.82) is 0 Å².